The van der Waals surface area contributed by atoms with Gasteiger partial charge in [0.15, 0.2) is 5.13 Å². The van der Waals surface area contributed by atoms with Gasteiger partial charge >= 0.3 is 0 Å². The van der Waals surface area contributed by atoms with Crippen LogP contribution in [-0.2, 0) is 4.79 Å². The van der Waals surface area contributed by atoms with Gasteiger partial charge in [-0.2, -0.15) is 0 Å². The molecule has 1 aromatic carbocycles. The van der Waals surface area contributed by atoms with Crippen LogP contribution in [0.2, 0.25) is 0 Å². The van der Waals surface area contributed by atoms with Gasteiger partial charge in [-0.3, -0.25) is 4.79 Å². The van der Waals surface area contributed by atoms with Gasteiger partial charge in [0.25, 0.3) is 5.91 Å². The number of anilines is 1. The molecule has 2 aromatic heterocycles. The third-order valence-electron chi connectivity index (χ3n) is 2.95. The Morgan fingerprint density at radius 3 is 3.09 bits per heavy atom. The minimum absolute atomic E-state index is 0.458. The number of carbonyl (C=O) groups excluding carboxylic acids is 1. The van der Waals surface area contributed by atoms with Crippen LogP contribution in [0.25, 0.3) is 17.0 Å². The summed E-state index contributed by atoms with van der Waals surface area (Å²) in [5.74, 6) is 0.0549. The lowest BCUT2D eigenvalue weighted by Gasteiger charge is -2.05. The smallest absolute Gasteiger partial charge is 0.255 e. The number of benzene rings is 1. The molecule has 0 atom stereocenters. The quantitative estimate of drug-likeness (QED) is 0.528. The van der Waals surface area contributed by atoms with E-state index < -0.39 is 5.91 Å². The molecule has 0 saturated heterocycles. The Hall–Kier alpha value is -2.45. The average molecular weight is 343 g/mol. The first-order valence-corrected chi connectivity index (χ1v) is 8.56. The number of carbonyl (C=O) groups is 1. The minimum Gasteiger partial charge on any atom is -0.365 e. The molecule has 0 aliphatic heterocycles. The molecule has 0 spiro atoms. The topological polar surface area (TPSA) is 93.8 Å². The molecule has 2 heterocycles. The fourth-order valence-corrected chi connectivity index (χ4v) is 3.26. The number of rotatable bonds is 6. The van der Waals surface area contributed by atoms with Crippen molar-refractivity contribution in [1.29, 1.82) is 0 Å². The number of primary amides is 1. The number of thiazole rings is 1. The van der Waals surface area contributed by atoms with Gasteiger partial charge in [-0.15, -0.1) is 11.3 Å². The van der Waals surface area contributed by atoms with E-state index >= 15 is 0 Å². The minimum atomic E-state index is -0.458. The van der Waals surface area contributed by atoms with Gasteiger partial charge in [0.2, 0.25) is 0 Å². The molecule has 0 bridgehead atoms. The van der Waals surface area contributed by atoms with Crippen LogP contribution in [-0.4, -0.2) is 26.7 Å². The first-order chi connectivity index (χ1) is 11.2. The maximum atomic E-state index is 11.6. The molecule has 6 nitrogen and oxygen atoms in total. The molecule has 0 fully saturated rings. The number of thioether (sulfide) groups is 1. The Balaban J connectivity index is 1.75. The van der Waals surface area contributed by atoms with Crippen LogP contribution in [0.3, 0.4) is 0 Å². The summed E-state index contributed by atoms with van der Waals surface area (Å²) < 4.78 is 0. The van der Waals surface area contributed by atoms with Crippen molar-refractivity contribution in [3.8, 4) is 0 Å². The summed E-state index contributed by atoms with van der Waals surface area (Å²) >= 11 is 2.84. The molecule has 0 aliphatic carbocycles. The highest BCUT2D eigenvalue weighted by Crippen LogP contribution is 2.22. The molecule has 0 aliphatic rings. The summed E-state index contributed by atoms with van der Waals surface area (Å²) in [5.41, 5.74) is 7.20. The Labute approximate surface area is 140 Å². The molecular formula is C15H13N5OS2. The highest BCUT2D eigenvalue weighted by Gasteiger charge is 2.07. The van der Waals surface area contributed by atoms with Crippen molar-refractivity contribution in [2.75, 3.05) is 11.2 Å². The third-order valence-corrected chi connectivity index (χ3v) is 4.60. The van der Waals surface area contributed by atoms with E-state index in [-0.39, 0.29) is 0 Å². The maximum absolute atomic E-state index is 11.6. The number of hydrogen-bond acceptors (Lipinski definition) is 7. The first-order valence-electron chi connectivity index (χ1n) is 6.70. The molecule has 3 N–H and O–H groups in total. The van der Waals surface area contributed by atoms with Crippen molar-refractivity contribution in [3.63, 3.8) is 0 Å². The van der Waals surface area contributed by atoms with Gasteiger partial charge in [-0.05, 0) is 23.8 Å². The fourth-order valence-electron chi connectivity index (χ4n) is 1.91. The highest BCUT2D eigenvalue weighted by atomic mass is 32.2. The summed E-state index contributed by atoms with van der Waals surface area (Å²) in [6, 6.07) is 5.71. The molecule has 3 aromatic rings. The summed E-state index contributed by atoms with van der Waals surface area (Å²) in [4.78, 5) is 24.4. The van der Waals surface area contributed by atoms with Crippen LogP contribution in [0.15, 0.2) is 47.2 Å². The largest absolute Gasteiger partial charge is 0.365 e. The van der Waals surface area contributed by atoms with Crippen molar-refractivity contribution < 1.29 is 4.79 Å². The van der Waals surface area contributed by atoms with Gasteiger partial charge in [-0.25, -0.2) is 15.0 Å². The van der Waals surface area contributed by atoms with Gasteiger partial charge in [0.1, 0.15) is 6.33 Å². The van der Waals surface area contributed by atoms with Crippen LogP contribution in [0, 0.1) is 0 Å². The van der Waals surface area contributed by atoms with Crippen molar-refractivity contribution >= 4 is 51.1 Å². The Morgan fingerprint density at radius 2 is 2.30 bits per heavy atom. The van der Waals surface area contributed by atoms with Gasteiger partial charge in [-0.1, -0.05) is 17.8 Å². The van der Waals surface area contributed by atoms with Gasteiger partial charge in [0, 0.05) is 23.2 Å². The zero-order valence-electron chi connectivity index (χ0n) is 12.0. The second-order valence-electron chi connectivity index (χ2n) is 4.52. The van der Waals surface area contributed by atoms with E-state index in [0.717, 1.165) is 21.6 Å². The molecule has 23 heavy (non-hydrogen) atoms. The van der Waals surface area contributed by atoms with Crippen molar-refractivity contribution in [1.82, 2.24) is 15.0 Å². The number of fused-ring (bicyclic) bond motifs is 1. The Bertz CT molecular complexity index is 848. The molecule has 8 heteroatoms. The van der Waals surface area contributed by atoms with Crippen LogP contribution in [0.5, 0.6) is 0 Å². The second kappa shape index (κ2) is 7.21. The summed E-state index contributed by atoms with van der Waals surface area (Å²) in [6.45, 7) is 0. The number of aromatic nitrogens is 3. The number of nitrogens with zero attached hydrogens (tertiary/aromatic N) is 3. The normalized spacial score (nSPS) is 11.6. The zero-order chi connectivity index (χ0) is 16.1. The van der Waals surface area contributed by atoms with Crippen molar-refractivity contribution in [2.45, 2.75) is 0 Å². The Kier molecular flexibility index (Phi) is 4.84. The fraction of sp³-hybridized carbons (Fsp3) is 0.0667. The van der Waals surface area contributed by atoms with E-state index in [1.807, 2.05) is 23.6 Å². The SMILES string of the molecule is NC(=O)/C(=C/c1ccc2ncncc2c1)SCNc1nccs1. The summed E-state index contributed by atoms with van der Waals surface area (Å²) in [7, 11) is 0. The molecule has 0 unspecified atom stereocenters. The van der Waals surface area contributed by atoms with E-state index in [2.05, 4.69) is 20.3 Å². The predicted octanol–water partition coefficient (Wildman–Crippen LogP) is 2.72. The van der Waals surface area contributed by atoms with E-state index in [1.165, 1.54) is 29.4 Å². The van der Waals surface area contributed by atoms with E-state index in [0.29, 0.717) is 10.8 Å². The lowest BCUT2D eigenvalue weighted by Crippen LogP contribution is -2.13. The van der Waals surface area contributed by atoms with Crippen LogP contribution >= 0.6 is 23.1 Å². The molecule has 116 valence electrons. The van der Waals surface area contributed by atoms with E-state index in [9.17, 15) is 4.79 Å². The van der Waals surface area contributed by atoms with Crippen LogP contribution in [0.4, 0.5) is 5.13 Å². The Morgan fingerprint density at radius 1 is 1.39 bits per heavy atom. The molecule has 0 radical (unpaired) electrons. The highest BCUT2D eigenvalue weighted by molar-refractivity contribution is 8.04. The van der Waals surface area contributed by atoms with Crippen molar-refractivity contribution in [2.24, 2.45) is 5.73 Å². The van der Waals surface area contributed by atoms with Gasteiger partial charge in [0.05, 0.1) is 16.3 Å². The number of hydrogen-bond donors (Lipinski definition) is 2. The summed E-state index contributed by atoms with van der Waals surface area (Å²) in [5, 5.41) is 6.73. The van der Waals surface area contributed by atoms with Crippen molar-refractivity contribution in [3.05, 3.63) is 52.8 Å². The number of nitrogens with two attached hydrogens (primary N) is 1. The van der Waals surface area contributed by atoms with E-state index in [4.69, 9.17) is 5.73 Å². The molecule has 0 saturated carbocycles. The number of nitrogens with one attached hydrogen (secondary N) is 1. The summed E-state index contributed by atoms with van der Waals surface area (Å²) in [6.07, 6.45) is 6.73. The second-order valence-corrected chi connectivity index (χ2v) is 6.43. The maximum Gasteiger partial charge on any atom is 0.255 e. The zero-order valence-corrected chi connectivity index (χ0v) is 13.6. The third kappa shape index (κ3) is 4.05. The number of amides is 1. The molecule has 3 rings (SSSR count). The molecule has 1 amide bonds. The monoisotopic (exact) mass is 343 g/mol. The lowest BCUT2D eigenvalue weighted by molar-refractivity contribution is -0.113. The lowest BCUT2D eigenvalue weighted by atomic mass is 10.1. The predicted molar refractivity (Wildman–Crippen MR) is 94.9 cm³/mol. The van der Waals surface area contributed by atoms with Gasteiger partial charge < -0.3 is 11.1 Å². The van der Waals surface area contributed by atoms with E-state index in [1.54, 1.807) is 18.5 Å². The molecular weight excluding hydrogens is 330 g/mol. The standard InChI is InChI=1S/C15H13N5OS2/c16-14(21)13(23-9-20-15-18-3-4-22-15)6-10-1-2-12-11(5-10)7-17-8-19-12/h1-8H,9H2,(H2,16,21)(H,18,20)/b13-6-. The first kappa shape index (κ1) is 15.4. The average Bonchev–Trinajstić information content (AvgIpc) is 3.07. The van der Waals surface area contributed by atoms with Crippen LogP contribution in [0.1, 0.15) is 5.56 Å². The van der Waals surface area contributed by atoms with Crippen LogP contribution < -0.4 is 11.1 Å².